The lowest BCUT2D eigenvalue weighted by atomic mass is 10.1. The fourth-order valence-corrected chi connectivity index (χ4v) is 2.15. The van der Waals surface area contributed by atoms with Gasteiger partial charge in [0, 0.05) is 0 Å². The van der Waals surface area contributed by atoms with Crippen molar-refractivity contribution in [2.45, 2.75) is 24.9 Å². The van der Waals surface area contributed by atoms with E-state index in [0.717, 1.165) is 0 Å². The topological polar surface area (TPSA) is 86.7 Å². The average Bonchev–Trinajstić information content (AvgIpc) is 2.31. The zero-order valence-electron chi connectivity index (χ0n) is 11.7. The zero-order chi connectivity index (χ0) is 19.1. The number of hydrogen-bond donors (Lipinski definition) is 0. The highest BCUT2D eigenvalue weighted by Gasteiger charge is 2.51. The first-order valence-corrected chi connectivity index (χ1v) is 8.42. The minimum atomic E-state index is -6.25. The van der Waals surface area contributed by atoms with E-state index in [0.29, 0.717) is 12.1 Å². The second-order valence-electron chi connectivity index (χ2n) is 4.35. The van der Waals surface area contributed by atoms with Gasteiger partial charge in [0.2, 0.25) is 0 Å². The lowest BCUT2D eigenvalue weighted by molar-refractivity contribution is -0.0513. The highest BCUT2D eigenvalue weighted by molar-refractivity contribution is 7.88. The van der Waals surface area contributed by atoms with Crippen molar-refractivity contribution in [3.05, 3.63) is 23.3 Å². The molecule has 0 fully saturated rings. The van der Waals surface area contributed by atoms with Crippen molar-refractivity contribution in [1.29, 1.82) is 0 Å². The fourth-order valence-electron chi connectivity index (χ4n) is 1.22. The molecule has 0 saturated heterocycles. The van der Waals surface area contributed by atoms with Crippen LogP contribution in [0.2, 0.25) is 0 Å². The third-order valence-electron chi connectivity index (χ3n) is 2.53. The van der Waals surface area contributed by atoms with Crippen LogP contribution in [0.15, 0.2) is 12.1 Å². The Bertz CT molecular complexity index is 767. The van der Waals surface area contributed by atoms with Crippen molar-refractivity contribution < 1.29 is 51.5 Å². The minimum absolute atomic E-state index is 0.110. The van der Waals surface area contributed by atoms with Gasteiger partial charge >= 0.3 is 31.3 Å². The van der Waals surface area contributed by atoms with Crippen LogP contribution < -0.4 is 8.37 Å². The van der Waals surface area contributed by atoms with Gasteiger partial charge in [0.05, 0.1) is 0 Å². The van der Waals surface area contributed by atoms with Crippen LogP contribution in [0.1, 0.15) is 11.1 Å². The van der Waals surface area contributed by atoms with Gasteiger partial charge in [0.15, 0.2) is 11.5 Å². The Morgan fingerprint density at radius 3 is 1.17 bits per heavy atom. The molecule has 138 valence electrons. The van der Waals surface area contributed by atoms with Crippen LogP contribution in [0.4, 0.5) is 26.3 Å². The highest BCUT2D eigenvalue weighted by Crippen LogP contribution is 2.37. The molecule has 0 aliphatic carbocycles. The Labute approximate surface area is 132 Å². The van der Waals surface area contributed by atoms with Gasteiger partial charge in [-0.15, -0.1) is 0 Å². The molecule has 0 amide bonds. The fraction of sp³-hybridized carbons (Fsp3) is 0.400. The quantitative estimate of drug-likeness (QED) is 0.437. The van der Waals surface area contributed by atoms with Crippen LogP contribution in [-0.4, -0.2) is 27.9 Å². The molecule has 1 aromatic rings. The maximum atomic E-state index is 12.3. The zero-order valence-corrected chi connectivity index (χ0v) is 13.3. The molecule has 0 bridgehead atoms. The number of hydrogen-bond acceptors (Lipinski definition) is 6. The Hall–Kier alpha value is -1.70. The molecule has 0 heterocycles. The van der Waals surface area contributed by atoms with E-state index >= 15 is 0 Å². The first kappa shape index (κ1) is 20.3. The van der Waals surface area contributed by atoms with E-state index in [2.05, 4.69) is 8.37 Å². The molecular weight excluding hydrogens is 394 g/mol. The van der Waals surface area contributed by atoms with Crippen molar-refractivity contribution in [3.8, 4) is 11.5 Å². The van der Waals surface area contributed by atoms with E-state index in [1.807, 2.05) is 0 Å². The number of rotatable bonds is 4. The molecule has 0 spiro atoms. The Kier molecular flexibility index (Phi) is 5.07. The SMILES string of the molecule is Cc1cc(OS(=O)(=O)C(F)(F)F)c(OS(=O)(=O)C(F)(F)F)cc1C. The lowest BCUT2D eigenvalue weighted by Gasteiger charge is -2.16. The highest BCUT2D eigenvalue weighted by atomic mass is 32.2. The molecule has 0 unspecified atom stereocenters. The van der Waals surface area contributed by atoms with Crippen LogP contribution in [-0.2, 0) is 20.2 Å². The summed E-state index contributed by atoms with van der Waals surface area (Å²) in [4.78, 5) is 0. The predicted molar refractivity (Wildman–Crippen MR) is 67.1 cm³/mol. The summed E-state index contributed by atoms with van der Waals surface area (Å²) in [5, 5.41) is 0. The molecule has 0 atom stereocenters. The number of halogens is 6. The van der Waals surface area contributed by atoms with Crippen molar-refractivity contribution in [2.24, 2.45) is 0 Å². The molecule has 24 heavy (non-hydrogen) atoms. The Morgan fingerprint density at radius 1 is 0.708 bits per heavy atom. The summed E-state index contributed by atoms with van der Waals surface area (Å²) in [5.41, 5.74) is -11.5. The summed E-state index contributed by atoms with van der Waals surface area (Å²) < 4.78 is 125. The molecule has 6 nitrogen and oxygen atoms in total. The maximum absolute atomic E-state index is 12.3. The van der Waals surface area contributed by atoms with Crippen molar-refractivity contribution in [1.82, 2.24) is 0 Å². The van der Waals surface area contributed by atoms with E-state index in [9.17, 15) is 43.2 Å². The summed E-state index contributed by atoms with van der Waals surface area (Å²) in [6, 6.07) is 1.19. The van der Waals surface area contributed by atoms with E-state index in [1.165, 1.54) is 13.8 Å². The second kappa shape index (κ2) is 5.98. The molecule has 0 aromatic heterocycles. The van der Waals surface area contributed by atoms with E-state index in [-0.39, 0.29) is 11.1 Å². The van der Waals surface area contributed by atoms with Crippen LogP contribution in [0.25, 0.3) is 0 Å². The third kappa shape index (κ3) is 4.23. The van der Waals surface area contributed by atoms with E-state index in [1.54, 1.807) is 0 Å². The lowest BCUT2D eigenvalue weighted by Crippen LogP contribution is -2.30. The minimum Gasteiger partial charge on any atom is -0.372 e. The van der Waals surface area contributed by atoms with E-state index < -0.39 is 42.8 Å². The molecule has 1 rings (SSSR count). The largest absolute Gasteiger partial charge is 0.534 e. The summed E-state index contributed by atoms with van der Waals surface area (Å²) in [6.45, 7) is 2.54. The molecule has 14 heteroatoms. The van der Waals surface area contributed by atoms with Crippen LogP contribution in [0.5, 0.6) is 11.5 Å². The van der Waals surface area contributed by atoms with Crippen molar-refractivity contribution in [2.75, 3.05) is 0 Å². The summed E-state index contributed by atoms with van der Waals surface area (Å²) in [7, 11) is -12.5. The number of alkyl halides is 6. The van der Waals surface area contributed by atoms with Gasteiger partial charge in [-0.2, -0.15) is 43.2 Å². The van der Waals surface area contributed by atoms with Gasteiger partial charge in [-0.3, -0.25) is 0 Å². The van der Waals surface area contributed by atoms with Gasteiger partial charge in [-0.25, -0.2) is 0 Å². The van der Waals surface area contributed by atoms with Crippen LogP contribution in [0.3, 0.4) is 0 Å². The first-order valence-electron chi connectivity index (χ1n) is 5.61. The Morgan fingerprint density at radius 2 is 0.958 bits per heavy atom. The molecule has 0 aliphatic rings. The van der Waals surface area contributed by atoms with Gasteiger partial charge in [-0.05, 0) is 37.1 Å². The summed E-state index contributed by atoms with van der Waals surface area (Å²) in [5.74, 6) is -2.72. The first-order chi connectivity index (χ1) is 10.5. The van der Waals surface area contributed by atoms with E-state index in [4.69, 9.17) is 0 Å². The second-order valence-corrected chi connectivity index (χ2v) is 7.43. The van der Waals surface area contributed by atoms with Crippen LogP contribution >= 0.6 is 0 Å². The molecule has 1 aromatic carbocycles. The molecule has 0 radical (unpaired) electrons. The smallest absolute Gasteiger partial charge is 0.372 e. The monoisotopic (exact) mass is 402 g/mol. The summed E-state index contributed by atoms with van der Waals surface area (Å²) in [6.07, 6.45) is 0. The molecule has 0 aliphatic heterocycles. The van der Waals surface area contributed by atoms with Gasteiger partial charge in [-0.1, -0.05) is 0 Å². The molecule has 0 N–H and O–H groups in total. The number of benzene rings is 1. The average molecular weight is 402 g/mol. The van der Waals surface area contributed by atoms with Crippen LogP contribution in [0, 0.1) is 13.8 Å². The van der Waals surface area contributed by atoms with Gasteiger partial charge < -0.3 is 8.37 Å². The standard InChI is InChI=1S/C10H8F6O6S2/c1-5-3-7(21-23(17,18)9(11,12)13)8(4-6(5)2)22-24(19,20)10(14,15)16/h3-4H,1-2H3. The summed E-state index contributed by atoms with van der Waals surface area (Å²) >= 11 is 0. The Balaban J connectivity index is 3.45. The predicted octanol–water partition coefficient (Wildman–Crippen LogP) is 2.76. The third-order valence-corrected chi connectivity index (χ3v) is 4.46. The number of aryl methyl sites for hydroxylation is 2. The maximum Gasteiger partial charge on any atom is 0.534 e. The molecular formula is C10H8F6O6S2. The van der Waals surface area contributed by atoms with Crippen molar-refractivity contribution >= 4 is 20.2 Å². The molecule has 0 saturated carbocycles. The van der Waals surface area contributed by atoms with Gasteiger partial charge in [0.25, 0.3) is 0 Å². The normalized spacial score (nSPS) is 13.7. The van der Waals surface area contributed by atoms with Gasteiger partial charge in [0.1, 0.15) is 0 Å². The van der Waals surface area contributed by atoms with Crippen molar-refractivity contribution in [3.63, 3.8) is 0 Å².